The molecule has 76 valence electrons. The molecule has 0 N–H and O–H groups in total. The van der Waals surface area contributed by atoms with Crippen molar-refractivity contribution in [3.05, 3.63) is 24.3 Å². The van der Waals surface area contributed by atoms with Gasteiger partial charge < -0.3 is 4.74 Å². The fourth-order valence-electron chi connectivity index (χ4n) is 3.54. The van der Waals surface area contributed by atoms with E-state index in [0.29, 0.717) is 5.41 Å². The van der Waals surface area contributed by atoms with Gasteiger partial charge in [-0.25, -0.2) is 0 Å². The molecule has 1 aliphatic heterocycles. The number of allylic oxidation sites excluding steroid dienone is 2. The van der Waals surface area contributed by atoms with Gasteiger partial charge in [-0.3, -0.25) is 0 Å². The maximum Gasteiger partial charge on any atom is 0.0956 e. The van der Waals surface area contributed by atoms with E-state index in [0.717, 1.165) is 6.61 Å². The highest BCUT2D eigenvalue weighted by Crippen LogP contribution is 2.55. The van der Waals surface area contributed by atoms with Gasteiger partial charge in [0.2, 0.25) is 0 Å². The molecule has 2 aliphatic carbocycles. The van der Waals surface area contributed by atoms with Crippen LogP contribution < -0.4 is 0 Å². The minimum Gasteiger partial charge on any atom is -0.370 e. The second-order valence-corrected chi connectivity index (χ2v) is 4.92. The van der Waals surface area contributed by atoms with Gasteiger partial charge in [-0.1, -0.05) is 37.1 Å². The summed E-state index contributed by atoms with van der Waals surface area (Å²) in [5, 5.41) is 0. The maximum atomic E-state index is 6.08. The van der Waals surface area contributed by atoms with Gasteiger partial charge in [-0.2, -0.15) is 0 Å². The normalized spacial score (nSPS) is 38.9. The third kappa shape index (κ3) is 0.993. The van der Waals surface area contributed by atoms with Crippen LogP contribution in [-0.2, 0) is 4.74 Å². The van der Waals surface area contributed by atoms with Crippen LogP contribution in [0.2, 0.25) is 0 Å². The van der Waals surface area contributed by atoms with Gasteiger partial charge in [0.05, 0.1) is 5.60 Å². The van der Waals surface area contributed by atoms with Crippen molar-refractivity contribution in [2.75, 3.05) is 6.61 Å². The zero-order valence-corrected chi connectivity index (χ0v) is 8.67. The number of hydrogen-bond donors (Lipinski definition) is 0. The van der Waals surface area contributed by atoms with Crippen LogP contribution in [0.25, 0.3) is 0 Å². The highest BCUT2D eigenvalue weighted by atomic mass is 16.5. The Labute approximate surface area is 85.8 Å². The van der Waals surface area contributed by atoms with Crippen LogP contribution in [-0.4, -0.2) is 12.2 Å². The van der Waals surface area contributed by atoms with Crippen LogP contribution in [0, 0.1) is 5.41 Å². The Bertz CT molecular complexity index is 246. The number of fused-ring (bicyclic) bond motifs is 1. The first-order valence-corrected chi connectivity index (χ1v) is 5.88. The third-order valence-electron chi connectivity index (χ3n) is 4.28. The number of rotatable bonds is 0. The van der Waals surface area contributed by atoms with Crippen molar-refractivity contribution in [3.8, 4) is 0 Å². The predicted octanol–water partition coefficient (Wildman–Crippen LogP) is 3.22. The Morgan fingerprint density at radius 1 is 0.857 bits per heavy atom. The van der Waals surface area contributed by atoms with Gasteiger partial charge in [-0.05, 0) is 25.7 Å². The lowest BCUT2D eigenvalue weighted by Gasteiger charge is -2.43. The van der Waals surface area contributed by atoms with Crippen LogP contribution in [0.15, 0.2) is 24.3 Å². The van der Waals surface area contributed by atoms with E-state index in [1.807, 2.05) is 0 Å². The standard InChI is InChI=1S/C13H18O/c1-2-7-12(6-1)8-3-4-9-13(12)10-5-11-14-13/h3-4,8-9H,1-2,5-7,10-11H2/t13-/m0/s1. The van der Waals surface area contributed by atoms with Crippen LogP contribution in [0.4, 0.5) is 0 Å². The van der Waals surface area contributed by atoms with Crippen molar-refractivity contribution in [3.63, 3.8) is 0 Å². The van der Waals surface area contributed by atoms with Crippen molar-refractivity contribution >= 4 is 0 Å². The fourth-order valence-corrected chi connectivity index (χ4v) is 3.54. The lowest BCUT2D eigenvalue weighted by atomic mass is 9.67. The molecule has 1 heteroatoms. The van der Waals surface area contributed by atoms with Crippen molar-refractivity contribution in [1.29, 1.82) is 0 Å². The van der Waals surface area contributed by atoms with E-state index in [1.165, 1.54) is 38.5 Å². The number of hydrogen-bond acceptors (Lipinski definition) is 1. The summed E-state index contributed by atoms with van der Waals surface area (Å²) < 4.78 is 6.08. The SMILES string of the molecule is C1=CC2(CCCC2)[C@]2(C=C1)CCCO2. The maximum absolute atomic E-state index is 6.08. The van der Waals surface area contributed by atoms with Gasteiger partial charge in [0.25, 0.3) is 0 Å². The average molecular weight is 190 g/mol. The zero-order chi connectivity index (χ0) is 9.49. The monoisotopic (exact) mass is 190 g/mol. The first kappa shape index (κ1) is 8.72. The Kier molecular flexibility index (Phi) is 1.85. The first-order valence-electron chi connectivity index (χ1n) is 5.88. The van der Waals surface area contributed by atoms with Crippen LogP contribution in [0.3, 0.4) is 0 Å². The smallest absolute Gasteiger partial charge is 0.0956 e. The minimum atomic E-state index is 0.0816. The second-order valence-electron chi connectivity index (χ2n) is 4.92. The van der Waals surface area contributed by atoms with Crippen molar-refractivity contribution in [1.82, 2.24) is 0 Å². The number of ether oxygens (including phenoxy) is 1. The summed E-state index contributed by atoms with van der Waals surface area (Å²) in [6.07, 6.45) is 17.0. The predicted molar refractivity (Wildman–Crippen MR) is 57.1 cm³/mol. The quantitative estimate of drug-likeness (QED) is 0.570. The Hall–Kier alpha value is -0.560. The van der Waals surface area contributed by atoms with E-state index in [-0.39, 0.29) is 5.60 Å². The molecule has 0 aromatic carbocycles. The summed E-state index contributed by atoms with van der Waals surface area (Å²) >= 11 is 0. The molecule has 0 radical (unpaired) electrons. The van der Waals surface area contributed by atoms with Crippen LogP contribution >= 0.6 is 0 Å². The molecule has 1 saturated heterocycles. The molecule has 0 bridgehead atoms. The zero-order valence-electron chi connectivity index (χ0n) is 8.67. The summed E-state index contributed by atoms with van der Waals surface area (Å²) in [7, 11) is 0. The second kappa shape index (κ2) is 2.96. The first-order chi connectivity index (χ1) is 6.87. The van der Waals surface area contributed by atoms with Gasteiger partial charge >= 0.3 is 0 Å². The summed E-state index contributed by atoms with van der Waals surface area (Å²) in [4.78, 5) is 0. The highest BCUT2D eigenvalue weighted by molar-refractivity contribution is 5.29. The van der Waals surface area contributed by atoms with Crippen molar-refractivity contribution < 1.29 is 4.74 Å². The molecule has 1 nitrogen and oxygen atoms in total. The van der Waals surface area contributed by atoms with Gasteiger partial charge in [0.15, 0.2) is 0 Å². The third-order valence-corrected chi connectivity index (χ3v) is 4.28. The van der Waals surface area contributed by atoms with Gasteiger partial charge in [0.1, 0.15) is 0 Å². The van der Waals surface area contributed by atoms with E-state index in [4.69, 9.17) is 4.74 Å². The molecular formula is C13H18O. The van der Waals surface area contributed by atoms with Crippen LogP contribution in [0.5, 0.6) is 0 Å². The molecule has 14 heavy (non-hydrogen) atoms. The molecule has 0 aromatic heterocycles. The van der Waals surface area contributed by atoms with Gasteiger partial charge in [0, 0.05) is 12.0 Å². The Morgan fingerprint density at radius 2 is 1.64 bits per heavy atom. The average Bonchev–Trinajstić information content (AvgIpc) is 2.81. The Morgan fingerprint density at radius 3 is 2.36 bits per heavy atom. The molecule has 1 heterocycles. The van der Waals surface area contributed by atoms with E-state index in [1.54, 1.807) is 0 Å². The molecule has 2 spiro atoms. The summed E-state index contributed by atoms with van der Waals surface area (Å²) in [5.74, 6) is 0. The van der Waals surface area contributed by atoms with Crippen molar-refractivity contribution in [2.45, 2.75) is 44.1 Å². The van der Waals surface area contributed by atoms with E-state index >= 15 is 0 Å². The molecule has 1 atom stereocenters. The lowest BCUT2D eigenvalue weighted by molar-refractivity contribution is -0.0394. The fraction of sp³-hybridized carbons (Fsp3) is 0.692. The molecule has 2 fully saturated rings. The van der Waals surface area contributed by atoms with Crippen molar-refractivity contribution in [2.24, 2.45) is 5.41 Å². The molecule has 1 saturated carbocycles. The minimum absolute atomic E-state index is 0.0816. The largest absolute Gasteiger partial charge is 0.370 e. The topological polar surface area (TPSA) is 9.23 Å². The van der Waals surface area contributed by atoms with Gasteiger partial charge in [-0.15, -0.1) is 0 Å². The molecular weight excluding hydrogens is 172 g/mol. The molecule has 3 aliphatic rings. The van der Waals surface area contributed by atoms with E-state index in [9.17, 15) is 0 Å². The molecule has 0 amide bonds. The van der Waals surface area contributed by atoms with E-state index in [2.05, 4.69) is 24.3 Å². The summed E-state index contributed by atoms with van der Waals surface area (Å²) in [5.41, 5.74) is 0.441. The summed E-state index contributed by atoms with van der Waals surface area (Å²) in [6.45, 7) is 0.958. The molecule has 3 rings (SSSR count). The molecule has 0 unspecified atom stereocenters. The van der Waals surface area contributed by atoms with E-state index < -0.39 is 0 Å². The Balaban J connectivity index is 2.01. The molecule has 0 aromatic rings. The summed E-state index contributed by atoms with van der Waals surface area (Å²) in [6, 6.07) is 0. The van der Waals surface area contributed by atoms with Crippen LogP contribution in [0.1, 0.15) is 38.5 Å². The highest BCUT2D eigenvalue weighted by Gasteiger charge is 2.52. The lowest BCUT2D eigenvalue weighted by Crippen LogP contribution is -2.44.